The van der Waals surface area contributed by atoms with E-state index in [1.165, 1.54) is 10.6 Å². The summed E-state index contributed by atoms with van der Waals surface area (Å²) in [6, 6.07) is 6.69. The van der Waals surface area contributed by atoms with Gasteiger partial charge in [0.1, 0.15) is 10.8 Å². The number of hydrogen-bond acceptors (Lipinski definition) is 1. The first-order valence-electron chi connectivity index (χ1n) is 5.17. The minimum Gasteiger partial charge on any atom is -0.329 e. The van der Waals surface area contributed by atoms with Gasteiger partial charge in [-0.05, 0) is 24.3 Å². The highest BCUT2D eigenvalue weighted by molar-refractivity contribution is 9.10. The number of carbonyl (C=O) groups excluding carboxylic acids is 1. The van der Waals surface area contributed by atoms with Crippen molar-refractivity contribution in [3.8, 4) is 0 Å². The van der Waals surface area contributed by atoms with Crippen LogP contribution in [0, 0.1) is 0 Å². The molecular formula is C12H8BrCl3N2O. The van der Waals surface area contributed by atoms with Crippen molar-refractivity contribution >= 4 is 62.3 Å². The molecule has 0 saturated carbocycles. The molecule has 1 aromatic carbocycles. The topological polar surface area (TPSA) is 34.0 Å². The first kappa shape index (κ1) is 14.7. The van der Waals surface area contributed by atoms with Gasteiger partial charge in [-0.1, -0.05) is 50.7 Å². The summed E-state index contributed by atoms with van der Waals surface area (Å²) in [5, 5.41) is 3.79. The van der Waals surface area contributed by atoms with Gasteiger partial charge < -0.3 is 9.88 Å². The Morgan fingerprint density at radius 1 is 1.21 bits per heavy atom. The number of rotatable bonds is 2. The molecule has 2 aromatic rings. The molecular weight excluding hydrogens is 374 g/mol. The summed E-state index contributed by atoms with van der Waals surface area (Å²) in [6.07, 6.45) is 0. The van der Waals surface area contributed by atoms with E-state index in [1.807, 2.05) is 0 Å². The van der Waals surface area contributed by atoms with Gasteiger partial charge in [0.2, 0.25) is 0 Å². The number of nitrogens with one attached hydrogen (secondary N) is 1. The second kappa shape index (κ2) is 5.75. The van der Waals surface area contributed by atoms with Crippen LogP contribution in [0.4, 0.5) is 5.69 Å². The molecule has 0 unspecified atom stereocenters. The highest BCUT2D eigenvalue weighted by Crippen LogP contribution is 2.28. The molecule has 100 valence electrons. The lowest BCUT2D eigenvalue weighted by atomic mass is 10.3. The maximum Gasteiger partial charge on any atom is 0.272 e. The zero-order valence-electron chi connectivity index (χ0n) is 9.68. The molecule has 19 heavy (non-hydrogen) atoms. The molecule has 0 radical (unpaired) electrons. The number of amides is 1. The van der Waals surface area contributed by atoms with E-state index >= 15 is 0 Å². The second-order valence-corrected chi connectivity index (χ2v) is 5.89. The Balaban J connectivity index is 2.28. The van der Waals surface area contributed by atoms with Crippen LogP contribution < -0.4 is 5.32 Å². The Hall–Kier alpha value is -0.680. The number of nitrogens with zero attached hydrogens (tertiary/aromatic N) is 1. The molecule has 2 rings (SSSR count). The zero-order chi connectivity index (χ0) is 14.2. The molecule has 0 aliphatic heterocycles. The van der Waals surface area contributed by atoms with Crippen molar-refractivity contribution in [1.29, 1.82) is 0 Å². The van der Waals surface area contributed by atoms with Crippen LogP contribution in [-0.4, -0.2) is 10.5 Å². The summed E-state index contributed by atoms with van der Waals surface area (Å²) >= 11 is 21.1. The Kier molecular flexibility index (Phi) is 4.46. The lowest BCUT2D eigenvalue weighted by Gasteiger charge is -2.08. The second-order valence-electron chi connectivity index (χ2n) is 3.81. The number of halogens is 4. The molecule has 1 aromatic heterocycles. The molecule has 3 nitrogen and oxygen atoms in total. The van der Waals surface area contributed by atoms with Gasteiger partial charge >= 0.3 is 0 Å². The van der Waals surface area contributed by atoms with Gasteiger partial charge in [0.25, 0.3) is 5.91 Å². The first-order valence-corrected chi connectivity index (χ1v) is 7.10. The molecule has 1 heterocycles. The van der Waals surface area contributed by atoms with E-state index in [0.717, 1.165) is 4.47 Å². The molecule has 0 aliphatic rings. The average Bonchev–Trinajstić information content (AvgIpc) is 2.60. The predicted octanol–water partition coefficient (Wildman–Crippen LogP) is 5.00. The van der Waals surface area contributed by atoms with Crippen molar-refractivity contribution in [1.82, 2.24) is 4.57 Å². The number of carbonyl (C=O) groups is 1. The molecule has 0 bridgehead atoms. The minimum absolute atomic E-state index is 0.314. The van der Waals surface area contributed by atoms with Gasteiger partial charge in [0, 0.05) is 11.5 Å². The van der Waals surface area contributed by atoms with Gasteiger partial charge in [-0.15, -0.1) is 0 Å². The number of hydrogen-bond donors (Lipinski definition) is 1. The van der Waals surface area contributed by atoms with Crippen molar-refractivity contribution in [2.24, 2.45) is 7.05 Å². The number of aromatic nitrogens is 1. The summed E-state index contributed by atoms with van der Waals surface area (Å²) in [5.41, 5.74) is 0.872. The van der Waals surface area contributed by atoms with Crippen molar-refractivity contribution in [2.45, 2.75) is 0 Å². The van der Waals surface area contributed by atoms with Crippen LogP contribution in [0.2, 0.25) is 15.2 Å². The summed E-state index contributed by atoms with van der Waals surface area (Å²) in [5.74, 6) is -0.333. The Labute approximate surface area is 133 Å². The monoisotopic (exact) mass is 380 g/mol. The third-order valence-corrected chi connectivity index (χ3v) is 4.18. The van der Waals surface area contributed by atoms with Crippen LogP contribution in [-0.2, 0) is 7.05 Å². The summed E-state index contributed by atoms with van der Waals surface area (Å²) in [6.45, 7) is 0. The van der Waals surface area contributed by atoms with E-state index in [4.69, 9.17) is 34.8 Å². The maximum absolute atomic E-state index is 12.1. The largest absolute Gasteiger partial charge is 0.329 e. The van der Waals surface area contributed by atoms with Crippen LogP contribution in [0.3, 0.4) is 0 Å². The molecule has 1 amide bonds. The SMILES string of the molecule is Cn1c(C(=O)Nc2ccc(Br)cc2Cl)cc(Cl)c1Cl. The first-order chi connectivity index (χ1) is 8.90. The molecule has 7 heteroatoms. The highest BCUT2D eigenvalue weighted by Gasteiger charge is 2.16. The quantitative estimate of drug-likeness (QED) is 0.779. The Morgan fingerprint density at radius 2 is 1.89 bits per heavy atom. The fourth-order valence-corrected chi connectivity index (χ4v) is 2.63. The normalized spacial score (nSPS) is 10.6. The molecule has 0 aliphatic carbocycles. The van der Waals surface area contributed by atoms with E-state index in [9.17, 15) is 4.79 Å². The average molecular weight is 382 g/mol. The van der Waals surface area contributed by atoms with E-state index < -0.39 is 0 Å². The van der Waals surface area contributed by atoms with Crippen LogP contribution in [0.15, 0.2) is 28.7 Å². The third-order valence-electron chi connectivity index (χ3n) is 2.53. The Morgan fingerprint density at radius 3 is 2.42 bits per heavy atom. The summed E-state index contributed by atoms with van der Waals surface area (Å²) in [4.78, 5) is 12.1. The van der Waals surface area contributed by atoms with E-state index in [-0.39, 0.29) is 5.91 Å². The lowest BCUT2D eigenvalue weighted by Crippen LogP contribution is -2.15. The highest BCUT2D eigenvalue weighted by atomic mass is 79.9. The molecule has 0 spiro atoms. The van der Waals surface area contributed by atoms with Crippen molar-refractivity contribution in [3.63, 3.8) is 0 Å². The van der Waals surface area contributed by atoms with Crippen LogP contribution >= 0.6 is 50.7 Å². The van der Waals surface area contributed by atoms with Crippen molar-refractivity contribution in [2.75, 3.05) is 5.32 Å². The van der Waals surface area contributed by atoms with Gasteiger partial charge in [-0.25, -0.2) is 0 Å². The lowest BCUT2D eigenvalue weighted by molar-refractivity contribution is 0.101. The minimum atomic E-state index is -0.333. The van der Waals surface area contributed by atoms with Gasteiger partial charge in [0.15, 0.2) is 0 Å². The fourth-order valence-electron chi connectivity index (χ4n) is 1.54. The van der Waals surface area contributed by atoms with Gasteiger partial charge in [-0.2, -0.15) is 0 Å². The molecule has 0 fully saturated rings. The molecule has 1 N–H and O–H groups in total. The van der Waals surface area contributed by atoms with Crippen LogP contribution in [0.25, 0.3) is 0 Å². The van der Waals surface area contributed by atoms with E-state index in [1.54, 1.807) is 25.2 Å². The summed E-state index contributed by atoms with van der Waals surface area (Å²) < 4.78 is 2.34. The van der Waals surface area contributed by atoms with Gasteiger partial charge in [0.05, 0.1) is 15.7 Å². The smallest absolute Gasteiger partial charge is 0.272 e. The molecule has 0 saturated heterocycles. The van der Waals surface area contributed by atoms with Crippen LogP contribution in [0.1, 0.15) is 10.5 Å². The fraction of sp³-hybridized carbons (Fsp3) is 0.0833. The van der Waals surface area contributed by atoms with Crippen molar-refractivity contribution < 1.29 is 4.79 Å². The maximum atomic E-state index is 12.1. The van der Waals surface area contributed by atoms with Gasteiger partial charge in [-0.3, -0.25) is 4.79 Å². The number of anilines is 1. The Bertz CT molecular complexity index is 655. The summed E-state index contributed by atoms with van der Waals surface area (Å²) in [7, 11) is 1.66. The van der Waals surface area contributed by atoms with E-state index in [0.29, 0.717) is 26.6 Å². The predicted molar refractivity (Wildman–Crippen MR) is 82.5 cm³/mol. The standard InChI is InChI=1S/C12H8BrCl3N2O/c1-18-10(5-8(15)11(18)16)12(19)17-9-3-2-6(13)4-7(9)14/h2-5H,1H3,(H,17,19). The third kappa shape index (κ3) is 3.08. The van der Waals surface area contributed by atoms with Crippen LogP contribution in [0.5, 0.6) is 0 Å². The van der Waals surface area contributed by atoms with E-state index in [2.05, 4.69) is 21.2 Å². The van der Waals surface area contributed by atoms with Crippen molar-refractivity contribution in [3.05, 3.63) is 49.6 Å². The zero-order valence-corrected chi connectivity index (χ0v) is 13.5. The number of benzene rings is 1. The molecule has 0 atom stereocenters.